The molecule has 4 nitrogen and oxygen atoms in total. The van der Waals surface area contributed by atoms with E-state index in [9.17, 15) is 9.90 Å². The Morgan fingerprint density at radius 2 is 1.81 bits per heavy atom. The number of benzene rings is 2. The molecule has 0 amide bonds. The summed E-state index contributed by atoms with van der Waals surface area (Å²) in [7, 11) is 0. The van der Waals surface area contributed by atoms with Gasteiger partial charge < -0.3 is 10.4 Å². The maximum atomic E-state index is 12.4. The van der Waals surface area contributed by atoms with Crippen LogP contribution in [0.2, 0.25) is 0 Å². The topological polar surface area (TPSA) is 73.1 Å². The van der Waals surface area contributed by atoms with Crippen molar-refractivity contribution >= 4 is 56.2 Å². The van der Waals surface area contributed by atoms with E-state index in [1.807, 2.05) is 24.3 Å². The van der Waals surface area contributed by atoms with Gasteiger partial charge in [0, 0.05) is 16.7 Å². The van der Waals surface area contributed by atoms with E-state index in [0.29, 0.717) is 11.1 Å². The summed E-state index contributed by atoms with van der Waals surface area (Å²) in [4.78, 5) is 12.4. The summed E-state index contributed by atoms with van der Waals surface area (Å²) in [6.07, 6.45) is 0.899. The van der Waals surface area contributed by atoms with Crippen molar-refractivity contribution in [2.24, 2.45) is 0 Å². The number of carbonyl (C=O) groups excluding carboxylic acids is 1. The molecular weight excluding hydrogens is 369 g/mol. The third kappa shape index (κ3) is 8.97. The number of nitriles is 1. The van der Waals surface area contributed by atoms with Crippen LogP contribution in [0.5, 0.6) is 5.75 Å². The molecular formula is C20H27BClN2NaO2. The molecule has 0 radical (unpaired) electrons. The standard InChI is InChI=1S/C20H22N2O2.BH3.ClH.Na.H/c1-20(2,13-15-6-4-3-5-7-15)22-14-19(24)16-8-9-18(23)17(12-16)10-11-21;;;;/h3-9,12,22-23H,10,13-14H2,1-2H3;1H3;1H;;. The average Bonchev–Trinajstić information content (AvgIpc) is 2.55. The van der Waals surface area contributed by atoms with Crippen molar-refractivity contribution in [2.75, 3.05) is 6.54 Å². The predicted octanol–water partition coefficient (Wildman–Crippen LogP) is 1.84. The Morgan fingerprint density at radius 3 is 2.41 bits per heavy atom. The molecule has 0 saturated heterocycles. The van der Waals surface area contributed by atoms with E-state index in [0.717, 1.165) is 6.42 Å². The number of hydrogen-bond acceptors (Lipinski definition) is 4. The summed E-state index contributed by atoms with van der Waals surface area (Å²) in [6.45, 7) is 4.33. The summed E-state index contributed by atoms with van der Waals surface area (Å²) < 4.78 is 0. The SMILES string of the molecule is B.CC(C)(Cc1ccccc1)NCC(=O)c1ccc(O)c(CC#N)c1.Cl.[NaH]. The van der Waals surface area contributed by atoms with Crippen molar-refractivity contribution in [1.82, 2.24) is 5.32 Å². The number of ketones is 1. The van der Waals surface area contributed by atoms with Crippen LogP contribution in [-0.2, 0) is 12.8 Å². The first-order chi connectivity index (χ1) is 11.4. The van der Waals surface area contributed by atoms with Crippen molar-refractivity contribution < 1.29 is 9.90 Å². The normalized spacial score (nSPS) is 9.81. The number of phenolic OH excluding ortho intramolecular Hbond substituents is 1. The van der Waals surface area contributed by atoms with Gasteiger partial charge in [-0.25, -0.2) is 0 Å². The van der Waals surface area contributed by atoms with Gasteiger partial charge in [0.15, 0.2) is 5.78 Å². The van der Waals surface area contributed by atoms with E-state index in [1.54, 1.807) is 12.1 Å². The molecule has 2 aromatic rings. The van der Waals surface area contributed by atoms with E-state index < -0.39 is 0 Å². The van der Waals surface area contributed by atoms with Gasteiger partial charge in [0.1, 0.15) is 5.75 Å². The molecule has 0 aromatic heterocycles. The molecule has 2 rings (SSSR count). The van der Waals surface area contributed by atoms with E-state index in [-0.39, 0.29) is 80.4 Å². The second kappa shape index (κ2) is 13.0. The van der Waals surface area contributed by atoms with Crippen LogP contribution in [0.1, 0.15) is 35.3 Å². The zero-order valence-corrected chi connectivity index (χ0v) is 15.3. The van der Waals surface area contributed by atoms with Crippen molar-refractivity contribution in [2.45, 2.75) is 32.2 Å². The number of Topliss-reactive ketones (excluding diaryl/α,β-unsaturated/α-hetero) is 1. The average molecular weight is 397 g/mol. The molecule has 0 aliphatic heterocycles. The van der Waals surface area contributed by atoms with Gasteiger partial charge in [-0.1, -0.05) is 30.3 Å². The zero-order valence-electron chi connectivity index (χ0n) is 14.5. The maximum absolute atomic E-state index is 12.4. The first kappa shape index (κ1) is 27.9. The monoisotopic (exact) mass is 396 g/mol. The number of rotatable bonds is 7. The van der Waals surface area contributed by atoms with Crippen LogP contribution in [0.15, 0.2) is 48.5 Å². The minimum absolute atomic E-state index is 0. The Kier molecular flexibility index (Phi) is 13.4. The summed E-state index contributed by atoms with van der Waals surface area (Å²) in [5.41, 5.74) is 1.97. The Balaban J connectivity index is 0. The molecule has 0 unspecified atom stereocenters. The van der Waals surface area contributed by atoms with Gasteiger partial charge >= 0.3 is 29.6 Å². The van der Waals surface area contributed by atoms with Gasteiger partial charge in [-0.15, -0.1) is 12.4 Å². The second-order valence-corrected chi connectivity index (χ2v) is 6.50. The van der Waals surface area contributed by atoms with Gasteiger partial charge in [-0.2, -0.15) is 5.26 Å². The minimum atomic E-state index is -0.219. The summed E-state index contributed by atoms with van der Waals surface area (Å²) >= 11 is 0. The quantitative estimate of drug-likeness (QED) is 0.553. The van der Waals surface area contributed by atoms with Crippen molar-refractivity contribution in [3.8, 4) is 11.8 Å². The van der Waals surface area contributed by atoms with Crippen molar-refractivity contribution in [3.63, 3.8) is 0 Å². The Morgan fingerprint density at radius 1 is 1.19 bits per heavy atom. The molecule has 0 spiro atoms. The molecule has 0 heterocycles. The number of halogens is 1. The molecule has 0 aliphatic rings. The Bertz CT molecular complexity index is 764. The fraction of sp³-hybridized carbons (Fsp3) is 0.300. The van der Waals surface area contributed by atoms with Crippen LogP contribution >= 0.6 is 12.4 Å². The van der Waals surface area contributed by atoms with Crippen LogP contribution in [-0.4, -0.2) is 60.9 Å². The number of nitrogens with one attached hydrogen (secondary N) is 1. The predicted molar refractivity (Wildman–Crippen MR) is 118 cm³/mol. The first-order valence-corrected chi connectivity index (χ1v) is 7.92. The molecule has 0 saturated carbocycles. The van der Waals surface area contributed by atoms with Crippen LogP contribution in [0, 0.1) is 11.3 Å². The Hall–Kier alpha value is -1.29. The van der Waals surface area contributed by atoms with Crippen LogP contribution < -0.4 is 5.32 Å². The van der Waals surface area contributed by atoms with E-state index in [1.165, 1.54) is 11.6 Å². The molecule has 7 heteroatoms. The van der Waals surface area contributed by atoms with Gasteiger partial charge in [0.05, 0.1) is 27.4 Å². The number of phenols is 1. The van der Waals surface area contributed by atoms with Crippen molar-refractivity contribution in [1.29, 1.82) is 5.26 Å². The van der Waals surface area contributed by atoms with Crippen LogP contribution in [0.25, 0.3) is 0 Å². The molecule has 140 valence electrons. The molecule has 27 heavy (non-hydrogen) atoms. The summed E-state index contributed by atoms with van der Waals surface area (Å²) in [5, 5.41) is 21.8. The van der Waals surface area contributed by atoms with Crippen LogP contribution in [0.4, 0.5) is 0 Å². The third-order valence-electron chi connectivity index (χ3n) is 3.89. The Labute approximate surface area is 191 Å². The molecule has 2 aromatic carbocycles. The molecule has 0 fully saturated rings. The molecule has 0 atom stereocenters. The molecule has 0 aliphatic carbocycles. The number of nitrogens with zero attached hydrogens (tertiary/aromatic N) is 1. The van der Waals surface area contributed by atoms with E-state index in [4.69, 9.17) is 5.26 Å². The fourth-order valence-electron chi connectivity index (χ4n) is 2.58. The third-order valence-corrected chi connectivity index (χ3v) is 3.89. The van der Waals surface area contributed by atoms with E-state index in [2.05, 4.69) is 31.3 Å². The zero-order chi connectivity index (χ0) is 17.6. The van der Waals surface area contributed by atoms with Crippen LogP contribution in [0.3, 0.4) is 0 Å². The molecule has 2 N–H and O–H groups in total. The number of aromatic hydroxyl groups is 1. The number of hydrogen-bond donors (Lipinski definition) is 2. The summed E-state index contributed by atoms with van der Waals surface area (Å²) in [5.74, 6) is -0.0132. The van der Waals surface area contributed by atoms with Gasteiger partial charge in [0.25, 0.3) is 0 Å². The van der Waals surface area contributed by atoms with E-state index >= 15 is 0 Å². The second-order valence-electron chi connectivity index (χ2n) is 6.50. The fourth-order valence-corrected chi connectivity index (χ4v) is 2.58. The van der Waals surface area contributed by atoms with Gasteiger partial charge in [0.2, 0.25) is 0 Å². The number of carbonyl (C=O) groups is 1. The first-order valence-electron chi connectivity index (χ1n) is 7.92. The van der Waals surface area contributed by atoms with Gasteiger partial charge in [-0.3, -0.25) is 4.79 Å². The van der Waals surface area contributed by atoms with Gasteiger partial charge in [-0.05, 0) is 44.0 Å². The van der Waals surface area contributed by atoms with Crippen molar-refractivity contribution in [3.05, 3.63) is 65.2 Å². The molecule has 0 bridgehead atoms. The summed E-state index contributed by atoms with van der Waals surface area (Å²) in [6, 6.07) is 16.8.